The summed E-state index contributed by atoms with van der Waals surface area (Å²) in [5.74, 6) is 0.269. The van der Waals surface area contributed by atoms with Crippen molar-refractivity contribution >= 4 is 24.9 Å². The van der Waals surface area contributed by atoms with Crippen LogP contribution in [0.5, 0.6) is 5.75 Å². The minimum atomic E-state index is -1.02. The maximum atomic E-state index is 9.19. The fraction of sp³-hybridized carbons (Fsp3) is 0.462. The first-order chi connectivity index (χ1) is 8.54. The molecule has 1 N–H and O–H groups in total. The lowest BCUT2D eigenvalue weighted by atomic mass is 10.2. The normalized spacial score (nSPS) is 14.6. The Balaban J connectivity index is 2.61. The molecule has 0 aliphatic heterocycles. The van der Waals surface area contributed by atoms with Crippen LogP contribution < -0.4 is 0 Å². The van der Waals surface area contributed by atoms with Crippen LogP contribution in [0.4, 0.5) is 0 Å². The topological polar surface area (TPSA) is 35.8 Å². The Labute approximate surface area is 115 Å². The van der Waals surface area contributed by atoms with E-state index >= 15 is 0 Å². The highest BCUT2D eigenvalue weighted by molar-refractivity contribution is 8.04. The SMILES string of the molecule is CCCC(C)[PH](=S)N(C)/N=C/c1ccc(O)cc1. The lowest BCUT2D eigenvalue weighted by molar-refractivity contribution is 0.475. The number of hydrogen-bond donors (Lipinski definition) is 1. The molecule has 0 aromatic heterocycles. The third-order valence-corrected chi connectivity index (χ3v) is 6.62. The molecule has 0 aliphatic rings. The van der Waals surface area contributed by atoms with Crippen molar-refractivity contribution in [3.05, 3.63) is 29.8 Å². The van der Waals surface area contributed by atoms with Crippen LogP contribution in [0.25, 0.3) is 0 Å². The maximum Gasteiger partial charge on any atom is 0.115 e. The molecular formula is C13H21N2OPS. The van der Waals surface area contributed by atoms with E-state index in [0.29, 0.717) is 5.66 Å². The van der Waals surface area contributed by atoms with Crippen LogP contribution in [0.2, 0.25) is 0 Å². The third-order valence-electron chi connectivity index (χ3n) is 2.74. The first-order valence-corrected chi connectivity index (χ1v) is 8.81. The molecule has 0 saturated carbocycles. The van der Waals surface area contributed by atoms with Gasteiger partial charge < -0.3 is 5.11 Å². The lowest BCUT2D eigenvalue weighted by Gasteiger charge is -2.21. The third kappa shape index (κ3) is 4.79. The fourth-order valence-corrected chi connectivity index (χ4v) is 3.49. The number of hydrogen-bond acceptors (Lipinski definition) is 3. The summed E-state index contributed by atoms with van der Waals surface area (Å²) in [6, 6.07) is 6.97. The van der Waals surface area contributed by atoms with Crippen LogP contribution in [0.3, 0.4) is 0 Å². The molecular weight excluding hydrogens is 263 g/mol. The van der Waals surface area contributed by atoms with E-state index in [1.54, 1.807) is 18.3 Å². The molecule has 100 valence electrons. The van der Waals surface area contributed by atoms with Crippen molar-refractivity contribution in [1.29, 1.82) is 0 Å². The van der Waals surface area contributed by atoms with E-state index in [2.05, 4.69) is 18.9 Å². The predicted octanol–water partition coefficient (Wildman–Crippen LogP) is 3.44. The average molecular weight is 284 g/mol. The Morgan fingerprint density at radius 2 is 2.06 bits per heavy atom. The quantitative estimate of drug-likeness (QED) is 0.494. The van der Waals surface area contributed by atoms with Crippen molar-refractivity contribution in [2.75, 3.05) is 7.05 Å². The zero-order valence-corrected chi connectivity index (χ0v) is 12.9. The van der Waals surface area contributed by atoms with E-state index in [9.17, 15) is 5.11 Å². The minimum Gasteiger partial charge on any atom is -0.508 e. The average Bonchev–Trinajstić information content (AvgIpc) is 2.37. The van der Waals surface area contributed by atoms with Crippen LogP contribution in [0, 0.1) is 0 Å². The number of phenolic OH excluding ortho intramolecular Hbond substituents is 1. The summed E-state index contributed by atoms with van der Waals surface area (Å²) in [6.45, 7) is 3.37. The highest BCUT2D eigenvalue weighted by Gasteiger charge is 2.09. The second-order valence-corrected chi connectivity index (χ2v) is 7.95. The van der Waals surface area contributed by atoms with E-state index in [4.69, 9.17) is 11.8 Å². The van der Waals surface area contributed by atoms with Gasteiger partial charge in [0.05, 0.1) is 6.21 Å². The fourth-order valence-electron chi connectivity index (χ4n) is 1.65. The van der Waals surface area contributed by atoms with E-state index in [0.717, 1.165) is 12.0 Å². The van der Waals surface area contributed by atoms with Crippen molar-refractivity contribution in [3.63, 3.8) is 0 Å². The molecule has 2 atom stereocenters. The van der Waals surface area contributed by atoms with Crippen LogP contribution in [-0.4, -0.2) is 28.8 Å². The second-order valence-electron chi connectivity index (χ2n) is 4.39. The van der Waals surface area contributed by atoms with Crippen LogP contribution in [0.1, 0.15) is 32.3 Å². The van der Waals surface area contributed by atoms with Crippen molar-refractivity contribution in [1.82, 2.24) is 4.78 Å². The molecule has 0 heterocycles. The monoisotopic (exact) mass is 284 g/mol. The summed E-state index contributed by atoms with van der Waals surface area (Å²) in [7, 11) is 1.95. The molecule has 0 radical (unpaired) electrons. The molecule has 2 unspecified atom stereocenters. The smallest absolute Gasteiger partial charge is 0.115 e. The highest BCUT2D eigenvalue weighted by Crippen LogP contribution is 2.34. The molecule has 1 rings (SSSR count). The van der Waals surface area contributed by atoms with Gasteiger partial charge in [0.15, 0.2) is 0 Å². The summed E-state index contributed by atoms with van der Waals surface area (Å²) in [5, 5.41) is 13.6. The molecule has 0 aliphatic carbocycles. The standard InChI is InChI=1S/C13H21N2OPS/c1-4-5-11(2)17(18)15(3)14-10-12-6-8-13(16)9-7-12/h6-11,16-17H,4-5H2,1-3H3/b14-10+. The van der Waals surface area contributed by atoms with E-state index in [1.165, 1.54) is 6.42 Å². The first-order valence-electron chi connectivity index (χ1n) is 6.15. The Kier molecular flexibility index (Phi) is 6.37. The number of benzene rings is 1. The molecule has 0 bridgehead atoms. The summed E-state index contributed by atoms with van der Waals surface area (Å²) in [4.78, 5) is 0. The van der Waals surface area contributed by atoms with Crippen molar-refractivity contribution in [3.8, 4) is 5.75 Å². The Bertz CT molecular complexity index is 420. The van der Waals surface area contributed by atoms with Gasteiger partial charge in [0.1, 0.15) is 5.75 Å². The number of hydrazone groups is 1. The van der Waals surface area contributed by atoms with Gasteiger partial charge in [-0.25, -0.2) is 0 Å². The summed E-state index contributed by atoms with van der Waals surface area (Å²) in [6.07, 6.45) is 4.12. The van der Waals surface area contributed by atoms with Crippen LogP contribution in [0.15, 0.2) is 29.4 Å². The zero-order valence-electron chi connectivity index (χ0n) is 11.1. The molecule has 0 amide bonds. The van der Waals surface area contributed by atoms with Gasteiger partial charge in [-0.3, -0.25) is 4.78 Å². The van der Waals surface area contributed by atoms with Crippen molar-refractivity contribution in [2.45, 2.75) is 32.3 Å². The highest BCUT2D eigenvalue weighted by atomic mass is 32.4. The largest absolute Gasteiger partial charge is 0.508 e. The first kappa shape index (κ1) is 15.2. The molecule has 18 heavy (non-hydrogen) atoms. The molecule has 1 aromatic rings. The lowest BCUT2D eigenvalue weighted by Crippen LogP contribution is -2.08. The van der Waals surface area contributed by atoms with E-state index in [1.807, 2.05) is 24.0 Å². The summed E-state index contributed by atoms with van der Waals surface area (Å²) >= 11 is 5.56. The van der Waals surface area contributed by atoms with Gasteiger partial charge in [-0.05, 0) is 36.2 Å². The molecule has 1 aromatic carbocycles. The number of phenols is 1. The predicted molar refractivity (Wildman–Crippen MR) is 83.5 cm³/mol. The number of aromatic hydroxyl groups is 1. The van der Waals surface area contributed by atoms with Gasteiger partial charge in [-0.1, -0.05) is 32.1 Å². The van der Waals surface area contributed by atoms with Gasteiger partial charge in [0.25, 0.3) is 0 Å². The van der Waals surface area contributed by atoms with Gasteiger partial charge in [-0.15, -0.1) is 0 Å². The van der Waals surface area contributed by atoms with Gasteiger partial charge in [0.2, 0.25) is 0 Å². The van der Waals surface area contributed by atoms with Crippen molar-refractivity contribution < 1.29 is 5.11 Å². The molecule has 0 spiro atoms. The molecule has 3 nitrogen and oxygen atoms in total. The van der Waals surface area contributed by atoms with Gasteiger partial charge in [0, 0.05) is 19.6 Å². The van der Waals surface area contributed by atoms with E-state index < -0.39 is 6.85 Å². The van der Waals surface area contributed by atoms with E-state index in [-0.39, 0.29) is 5.75 Å². The molecule has 0 fully saturated rings. The van der Waals surface area contributed by atoms with Crippen LogP contribution in [-0.2, 0) is 11.8 Å². The summed E-state index contributed by atoms with van der Waals surface area (Å²) in [5.41, 5.74) is 1.52. The minimum absolute atomic E-state index is 0.269. The summed E-state index contributed by atoms with van der Waals surface area (Å²) < 4.78 is 1.92. The Morgan fingerprint density at radius 3 is 2.61 bits per heavy atom. The Morgan fingerprint density at radius 1 is 1.44 bits per heavy atom. The Hall–Kier alpha value is -0.860. The van der Waals surface area contributed by atoms with Gasteiger partial charge >= 0.3 is 0 Å². The van der Waals surface area contributed by atoms with Crippen LogP contribution >= 0.6 is 6.85 Å². The van der Waals surface area contributed by atoms with Crippen molar-refractivity contribution in [2.24, 2.45) is 5.10 Å². The van der Waals surface area contributed by atoms with Gasteiger partial charge in [-0.2, -0.15) is 5.10 Å². The molecule has 5 heteroatoms. The second kappa shape index (κ2) is 7.55. The number of rotatable bonds is 6. The zero-order chi connectivity index (χ0) is 13.5. The molecule has 0 saturated heterocycles. The maximum absolute atomic E-state index is 9.19. The number of nitrogens with zero attached hydrogens (tertiary/aromatic N) is 2.